The van der Waals surface area contributed by atoms with Crippen LogP contribution in [0.5, 0.6) is 5.75 Å². The smallest absolute Gasteiger partial charge is 0.161 e. The molecule has 5 heteroatoms. The maximum absolute atomic E-state index is 8.89. The van der Waals surface area contributed by atoms with Crippen LogP contribution in [0.25, 0.3) is 0 Å². The number of rotatable bonds is 5. The molecule has 1 N–H and O–H groups in total. The number of aryl methyl sites for hydroxylation is 2. The van der Waals surface area contributed by atoms with Gasteiger partial charge >= 0.3 is 0 Å². The Labute approximate surface area is 134 Å². The second-order valence-corrected chi connectivity index (χ2v) is 5.61. The summed E-state index contributed by atoms with van der Waals surface area (Å²) in [6, 6.07) is 11.7. The van der Waals surface area contributed by atoms with E-state index < -0.39 is 0 Å². The van der Waals surface area contributed by atoms with E-state index in [4.69, 9.17) is 21.6 Å². The predicted molar refractivity (Wildman–Crippen MR) is 86.4 cm³/mol. The van der Waals surface area contributed by atoms with Crippen LogP contribution in [0.1, 0.15) is 23.2 Å². The van der Waals surface area contributed by atoms with Crippen LogP contribution >= 0.6 is 11.6 Å². The maximum Gasteiger partial charge on any atom is 0.161 e. The molecule has 0 unspecified atom stereocenters. The van der Waals surface area contributed by atoms with Gasteiger partial charge in [0.25, 0.3) is 0 Å². The molecule has 4 nitrogen and oxygen atoms in total. The second kappa shape index (κ2) is 6.67. The molecule has 0 amide bonds. The Hall–Kier alpha value is -2.25. The van der Waals surface area contributed by atoms with Crippen molar-refractivity contribution in [2.75, 3.05) is 18.5 Å². The van der Waals surface area contributed by atoms with Crippen LogP contribution in [-0.2, 0) is 12.8 Å². The van der Waals surface area contributed by atoms with Gasteiger partial charge in [-0.2, -0.15) is 5.26 Å². The van der Waals surface area contributed by atoms with Crippen LogP contribution in [-0.4, -0.2) is 18.1 Å². The minimum absolute atomic E-state index is 0.228. The molecule has 1 aliphatic rings. The van der Waals surface area contributed by atoms with Crippen molar-refractivity contribution in [1.29, 1.82) is 5.26 Å². The summed E-state index contributed by atoms with van der Waals surface area (Å²) in [6.45, 7) is 1.14. The molecule has 0 saturated heterocycles. The van der Waals surface area contributed by atoms with Gasteiger partial charge in [-0.1, -0.05) is 17.7 Å². The average Bonchev–Trinajstić information content (AvgIpc) is 3.00. The van der Waals surface area contributed by atoms with Gasteiger partial charge < -0.3 is 10.1 Å². The van der Waals surface area contributed by atoms with Gasteiger partial charge in [-0.3, -0.25) is 0 Å². The van der Waals surface area contributed by atoms with E-state index in [0.717, 1.165) is 12.2 Å². The molecule has 0 radical (unpaired) electrons. The number of nitrogens with zero attached hydrogens (tertiary/aromatic N) is 2. The Morgan fingerprint density at radius 3 is 2.95 bits per heavy atom. The van der Waals surface area contributed by atoms with Crippen molar-refractivity contribution in [3.8, 4) is 11.8 Å². The molecule has 0 bridgehead atoms. The first kappa shape index (κ1) is 14.7. The third kappa shape index (κ3) is 3.32. The summed E-state index contributed by atoms with van der Waals surface area (Å²) in [7, 11) is 0. The lowest BCUT2D eigenvalue weighted by Gasteiger charge is -2.10. The van der Waals surface area contributed by atoms with Crippen molar-refractivity contribution in [1.82, 2.24) is 4.98 Å². The number of halogens is 1. The average molecular weight is 314 g/mol. The summed E-state index contributed by atoms with van der Waals surface area (Å²) in [5.74, 6) is 1.53. The standard InChI is InChI=1S/C17H16ClN3O/c18-15-6-7-17(21-16(15)11-19)20-8-9-22-14-5-4-12-2-1-3-13(12)10-14/h4-7,10H,1-3,8-9H2,(H,20,21). The molecule has 1 aromatic carbocycles. The summed E-state index contributed by atoms with van der Waals surface area (Å²) in [5, 5.41) is 12.4. The molecule has 0 fully saturated rings. The summed E-state index contributed by atoms with van der Waals surface area (Å²) in [4.78, 5) is 4.12. The molecule has 1 aliphatic carbocycles. The number of hydrogen-bond donors (Lipinski definition) is 1. The van der Waals surface area contributed by atoms with E-state index in [1.54, 1.807) is 12.1 Å². The number of pyridine rings is 1. The zero-order chi connectivity index (χ0) is 15.4. The van der Waals surface area contributed by atoms with E-state index in [-0.39, 0.29) is 5.69 Å². The van der Waals surface area contributed by atoms with Crippen LogP contribution in [0.2, 0.25) is 5.02 Å². The summed E-state index contributed by atoms with van der Waals surface area (Å²) >= 11 is 5.85. The molecule has 1 aromatic heterocycles. The van der Waals surface area contributed by atoms with Crippen LogP contribution in [0.15, 0.2) is 30.3 Å². The maximum atomic E-state index is 8.89. The van der Waals surface area contributed by atoms with Crippen molar-refractivity contribution in [2.45, 2.75) is 19.3 Å². The van der Waals surface area contributed by atoms with Gasteiger partial charge in [-0.25, -0.2) is 4.98 Å². The monoisotopic (exact) mass is 313 g/mol. The van der Waals surface area contributed by atoms with Crippen LogP contribution in [0.3, 0.4) is 0 Å². The van der Waals surface area contributed by atoms with Crippen LogP contribution < -0.4 is 10.1 Å². The zero-order valence-corrected chi connectivity index (χ0v) is 12.9. The van der Waals surface area contributed by atoms with Gasteiger partial charge in [-0.15, -0.1) is 0 Å². The summed E-state index contributed by atoms with van der Waals surface area (Å²) < 4.78 is 5.75. The van der Waals surface area contributed by atoms with Gasteiger partial charge in [0.05, 0.1) is 11.6 Å². The van der Waals surface area contributed by atoms with Crippen molar-refractivity contribution in [3.05, 3.63) is 52.2 Å². The molecule has 3 rings (SSSR count). The number of nitriles is 1. The fraction of sp³-hybridized carbons (Fsp3) is 0.294. The normalized spacial score (nSPS) is 12.5. The zero-order valence-electron chi connectivity index (χ0n) is 12.1. The molecule has 0 spiro atoms. The van der Waals surface area contributed by atoms with Gasteiger partial charge in [0.1, 0.15) is 24.2 Å². The Kier molecular flexibility index (Phi) is 4.45. The fourth-order valence-electron chi connectivity index (χ4n) is 2.60. The molecule has 112 valence electrons. The second-order valence-electron chi connectivity index (χ2n) is 5.20. The van der Waals surface area contributed by atoms with E-state index >= 15 is 0 Å². The highest BCUT2D eigenvalue weighted by Gasteiger charge is 2.11. The number of nitrogens with one attached hydrogen (secondary N) is 1. The third-order valence-electron chi connectivity index (χ3n) is 3.70. The molecule has 0 atom stereocenters. The minimum Gasteiger partial charge on any atom is -0.492 e. The lowest BCUT2D eigenvalue weighted by atomic mass is 10.1. The van der Waals surface area contributed by atoms with Gasteiger partial charge in [0, 0.05) is 0 Å². The summed E-state index contributed by atoms with van der Waals surface area (Å²) in [5.41, 5.74) is 3.08. The summed E-state index contributed by atoms with van der Waals surface area (Å²) in [6.07, 6.45) is 3.57. The highest BCUT2D eigenvalue weighted by molar-refractivity contribution is 6.31. The molecule has 0 aliphatic heterocycles. The lowest BCUT2D eigenvalue weighted by molar-refractivity contribution is 0.332. The highest BCUT2D eigenvalue weighted by Crippen LogP contribution is 2.25. The minimum atomic E-state index is 0.228. The first-order valence-electron chi connectivity index (χ1n) is 7.31. The number of ether oxygens (including phenoxy) is 1. The van der Waals surface area contributed by atoms with Crippen molar-refractivity contribution >= 4 is 17.4 Å². The predicted octanol–water partition coefficient (Wildman–Crippen LogP) is 3.59. The van der Waals surface area contributed by atoms with E-state index in [1.165, 1.54) is 24.0 Å². The Morgan fingerprint density at radius 1 is 1.23 bits per heavy atom. The van der Waals surface area contributed by atoms with E-state index in [1.807, 2.05) is 12.1 Å². The third-order valence-corrected chi connectivity index (χ3v) is 4.00. The molecule has 2 aromatic rings. The number of benzene rings is 1. The number of aromatic nitrogens is 1. The topological polar surface area (TPSA) is 57.9 Å². The van der Waals surface area contributed by atoms with E-state index in [9.17, 15) is 0 Å². The van der Waals surface area contributed by atoms with Crippen molar-refractivity contribution in [2.24, 2.45) is 0 Å². The first-order valence-corrected chi connectivity index (χ1v) is 7.69. The SMILES string of the molecule is N#Cc1nc(NCCOc2ccc3c(c2)CCC3)ccc1Cl. The largest absolute Gasteiger partial charge is 0.492 e. The first-order chi connectivity index (χ1) is 10.8. The van der Waals surface area contributed by atoms with Gasteiger partial charge in [0.15, 0.2) is 5.69 Å². The number of anilines is 1. The quantitative estimate of drug-likeness (QED) is 0.857. The van der Waals surface area contributed by atoms with Crippen LogP contribution in [0.4, 0.5) is 5.82 Å². The van der Waals surface area contributed by atoms with E-state index in [0.29, 0.717) is 24.0 Å². The molecular formula is C17H16ClN3O. The molecule has 1 heterocycles. The Balaban J connectivity index is 1.51. The fourth-order valence-corrected chi connectivity index (χ4v) is 2.75. The Morgan fingerprint density at radius 2 is 2.09 bits per heavy atom. The molecule has 0 saturated carbocycles. The molecule has 22 heavy (non-hydrogen) atoms. The van der Waals surface area contributed by atoms with Crippen molar-refractivity contribution < 1.29 is 4.74 Å². The number of hydrogen-bond acceptors (Lipinski definition) is 4. The van der Waals surface area contributed by atoms with E-state index in [2.05, 4.69) is 22.4 Å². The van der Waals surface area contributed by atoms with Crippen LogP contribution in [0, 0.1) is 11.3 Å². The lowest BCUT2D eigenvalue weighted by Crippen LogP contribution is -2.12. The molecular weight excluding hydrogens is 298 g/mol. The van der Waals surface area contributed by atoms with Crippen molar-refractivity contribution in [3.63, 3.8) is 0 Å². The van der Waals surface area contributed by atoms with Gasteiger partial charge in [-0.05, 0) is 54.7 Å². The highest BCUT2D eigenvalue weighted by atomic mass is 35.5. The Bertz CT molecular complexity index is 724. The van der Waals surface area contributed by atoms with Gasteiger partial charge in [0.2, 0.25) is 0 Å². The number of fused-ring (bicyclic) bond motifs is 1.